The summed E-state index contributed by atoms with van der Waals surface area (Å²) in [5, 5.41) is 2.93. The number of pyridine rings is 1. The molecule has 0 aliphatic rings. The number of rotatable bonds is 8. The van der Waals surface area contributed by atoms with Gasteiger partial charge < -0.3 is 14.8 Å². The van der Waals surface area contributed by atoms with Crippen LogP contribution in [0.5, 0.6) is 11.5 Å². The summed E-state index contributed by atoms with van der Waals surface area (Å²) < 4.78 is 11.0. The number of anilines is 1. The Morgan fingerprint density at radius 1 is 0.929 bits per heavy atom. The van der Waals surface area contributed by atoms with Crippen molar-refractivity contribution < 1.29 is 14.3 Å². The molecule has 1 amide bonds. The minimum Gasteiger partial charge on any atom is -0.497 e. The van der Waals surface area contributed by atoms with Gasteiger partial charge in [0, 0.05) is 18.1 Å². The summed E-state index contributed by atoms with van der Waals surface area (Å²) in [6.45, 7) is 1.92. The Bertz CT molecular complexity index is 878. The van der Waals surface area contributed by atoms with Crippen molar-refractivity contribution in [1.82, 2.24) is 4.98 Å². The van der Waals surface area contributed by atoms with Crippen LogP contribution < -0.4 is 14.8 Å². The molecule has 28 heavy (non-hydrogen) atoms. The van der Waals surface area contributed by atoms with Crippen LogP contribution in [0.1, 0.15) is 24.5 Å². The van der Waals surface area contributed by atoms with Gasteiger partial charge in [0.05, 0.1) is 7.11 Å². The molecular weight excluding hydrogens is 352 g/mol. The lowest BCUT2D eigenvalue weighted by Crippen LogP contribution is -2.32. The highest BCUT2D eigenvalue weighted by Gasteiger charge is 2.18. The van der Waals surface area contributed by atoms with Crippen LogP contribution in [0.15, 0.2) is 73.1 Å². The first kappa shape index (κ1) is 19.4. The number of ether oxygens (including phenoxy) is 2. The number of hydrogen-bond acceptors (Lipinski definition) is 4. The summed E-state index contributed by atoms with van der Waals surface area (Å²) in [5.74, 6) is 1.22. The van der Waals surface area contributed by atoms with Crippen LogP contribution in [0.3, 0.4) is 0 Å². The van der Waals surface area contributed by atoms with Crippen molar-refractivity contribution in [3.8, 4) is 11.5 Å². The molecule has 2 aromatic carbocycles. The number of nitrogens with zero attached hydrogens (tertiary/aromatic N) is 1. The number of carbonyl (C=O) groups excluding carboxylic acids is 1. The lowest BCUT2D eigenvalue weighted by atomic mass is 10.1. The van der Waals surface area contributed by atoms with Crippen LogP contribution in [-0.4, -0.2) is 24.1 Å². The van der Waals surface area contributed by atoms with E-state index in [4.69, 9.17) is 9.47 Å². The standard InChI is InChI=1S/C23H24N2O3/c1-3-22(28-21-10-8-20(27-2)9-11-21)23(26)25-19-6-4-17(5-7-19)16-18-12-14-24-15-13-18/h4-15,22H,3,16H2,1-2H3,(H,25,26)/t22-/m1/s1. The average Bonchev–Trinajstić information content (AvgIpc) is 2.74. The molecule has 5 heteroatoms. The number of methoxy groups -OCH3 is 1. The summed E-state index contributed by atoms with van der Waals surface area (Å²) in [6, 6.07) is 19.1. The van der Waals surface area contributed by atoms with Gasteiger partial charge in [-0.1, -0.05) is 19.1 Å². The highest BCUT2D eigenvalue weighted by Crippen LogP contribution is 2.20. The molecular formula is C23H24N2O3. The second kappa shape index (κ2) is 9.55. The van der Waals surface area contributed by atoms with Gasteiger partial charge in [-0.3, -0.25) is 9.78 Å². The fourth-order valence-corrected chi connectivity index (χ4v) is 2.81. The van der Waals surface area contributed by atoms with Gasteiger partial charge in [0.1, 0.15) is 11.5 Å². The topological polar surface area (TPSA) is 60.5 Å². The molecule has 0 unspecified atom stereocenters. The molecule has 0 aliphatic carbocycles. The molecule has 1 N–H and O–H groups in total. The summed E-state index contributed by atoms with van der Waals surface area (Å²) in [4.78, 5) is 16.6. The zero-order valence-electron chi connectivity index (χ0n) is 16.1. The van der Waals surface area contributed by atoms with E-state index >= 15 is 0 Å². The van der Waals surface area contributed by atoms with Crippen LogP contribution in [0.4, 0.5) is 5.69 Å². The molecule has 144 valence electrons. The number of amides is 1. The second-order valence-corrected chi connectivity index (χ2v) is 6.41. The van der Waals surface area contributed by atoms with Crippen molar-refractivity contribution in [3.63, 3.8) is 0 Å². The number of benzene rings is 2. The van der Waals surface area contributed by atoms with E-state index in [9.17, 15) is 4.79 Å². The van der Waals surface area contributed by atoms with Crippen molar-refractivity contribution in [1.29, 1.82) is 0 Å². The number of nitrogens with one attached hydrogen (secondary N) is 1. The maximum absolute atomic E-state index is 12.6. The van der Waals surface area contributed by atoms with Gasteiger partial charge >= 0.3 is 0 Å². The normalized spacial score (nSPS) is 11.5. The van der Waals surface area contributed by atoms with E-state index in [1.54, 1.807) is 31.6 Å². The SMILES string of the molecule is CC[C@@H](Oc1ccc(OC)cc1)C(=O)Nc1ccc(Cc2ccncc2)cc1. The minimum absolute atomic E-state index is 0.166. The van der Waals surface area contributed by atoms with Crippen LogP contribution in [0.2, 0.25) is 0 Å². The Morgan fingerprint density at radius 3 is 2.14 bits per heavy atom. The van der Waals surface area contributed by atoms with E-state index < -0.39 is 6.10 Å². The number of hydrogen-bond donors (Lipinski definition) is 1. The summed E-state index contributed by atoms with van der Waals surface area (Å²) in [7, 11) is 1.61. The molecule has 0 radical (unpaired) electrons. The Kier molecular flexibility index (Phi) is 6.63. The lowest BCUT2D eigenvalue weighted by Gasteiger charge is -2.17. The molecule has 0 bridgehead atoms. The van der Waals surface area contributed by atoms with Gasteiger partial charge in [-0.25, -0.2) is 0 Å². The summed E-state index contributed by atoms with van der Waals surface area (Å²) in [5.41, 5.74) is 3.12. The van der Waals surface area contributed by atoms with Crippen LogP contribution >= 0.6 is 0 Å². The van der Waals surface area contributed by atoms with Crippen LogP contribution in [0, 0.1) is 0 Å². The molecule has 5 nitrogen and oxygen atoms in total. The first-order chi connectivity index (χ1) is 13.7. The fourth-order valence-electron chi connectivity index (χ4n) is 2.81. The largest absolute Gasteiger partial charge is 0.497 e. The van der Waals surface area contributed by atoms with Crippen molar-refractivity contribution in [3.05, 3.63) is 84.2 Å². The van der Waals surface area contributed by atoms with Crippen molar-refractivity contribution in [2.45, 2.75) is 25.9 Å². The molecule has 3 aromatic rings. The molecule has 0 fully saturated rings. The maximum atomic E-state index is 12.6. The summed E-state index contributed by atoms with van der Waals surface area (Å²) >= 11 is 0. The van der Waals surface area contributed by atoms with E-state index in [1.807, 2.05) is 55.5 Å². The highest BCUT2D eigenvalue weighted by atomic mass is 16.5. The number of aromatic nitrogens is 1. The van der Waals surface area contributed by atoms with E-state index in [-0.39, 0.29) is 5.91 Å². The fraction of sp³-hybridized carbons (Fsp3) is 0.217. The predicted molar refractivity (Wildman–Crippen MR) is 110 cm³/mol. The van der Waals surface area contributed by atoms with Gasteiger partial charge in [0.25, 0.3) is 5.91 Å². The molecule has 0 spiro atoms. The predicted octanol–water partition coefficient (Wildman–Crippen LogP) is 4.48. The van der Waals surface area contributed by atoms with Gasteiger partial charge in [-0.15, -0.1) is 0 Å². The van der Waals surface area contributed by atoms with E-state index in [0.717, 1.165) is 17.9 Å². The Morgan fingerprint density at radius 2 is 1.54 bits per heavy atom. The molecule has 0 saturated heterocycles. The Balaban J connectivity index is 1.58. The van der Waals surface area contributed by atoms with Gasteiger partial charge in [-0.2, -0.15) is 0 Å². The molecule has 3 rings (SSSR count). The van der Waals surface area contributed by atoms with E-state index in [1.165, 1.54) is 11.1 Å². The third kappa shape index (κ3) is 5.33. The lowest BCUT2D eigenvalue weighted by molar-refractivity contribution is -0.122. The molecule has 1 atom stereocenters. The minimum atomic E-state index is -0.565. The maximum Gasteiger partial charge on any atom is 0.265 e. The smallest absolute Gasteiger partial charge is 0.265 e. The van der Waals surface area contributed by atoms with Crippen molar-refractivity contribution >= 4 is 11.6 Å². The molecule has 0 aliphatic heterocycles. The summed E-state index contributed by atoms with van der Waals surface area (Å²) in [6.07, 6.45) is 4.41. The van der Waals surface area contributed by atoms with Gasteiger partial charge in [0.2, 0.25) is 0 Å². The quantitative estimate of drug-likeness (QED) is 0.630. The molecule has 0 saturated carbocycles. The van der Waals surface area contributed by atoms with E-state index in [2.05, 4.69) is 10.3 Å². The third-order valence-electron chi connectivity index (χ3n) is 4.38. The van der Waals surface area contributed by atoms with Crippen molar-refractivity contribution in [2.24, 2.45) is 0 Å². The van der Waals surface area contributed by atoms with E-state index in [0.29, 0.717) is 12.2 Å². The zero-order valence-corrected chi connectivity index (χ0v) is 16.1. The van der Waals surface area contributed by atoms with Gasteiger partial charge in [-0.05, 0) is 72.5 Å². The van der Waals surface area contributed by atoms with Gasteiger partial charge in [0.15, 0.2) is 6.10 Å². The third-order valence-corrected chi connectivity index (χ3v) is 4.38. The highest BCUT2D eigenvalue weighted by molar-refractivity contribution is 5.94. The average molecular weight is 376 g/mol. The molecule has 1 heterocycles. The van der Waals surface area contributed by atoms with Crippen LogP contribution in [-0.2, 0) is 11.2 Å². The first-order valence-electron chi connectivity index (χ1n) is 9.27. The zero-order chi connectivity index (χ0) is 19.8. The monoisotopic (exact) mass is 376 g/mol. The second-order valence-electron chi connectivity index (χ2n) is 6.41. The molecule has 1 aromatic heterocycles. The Labute approximate surface area is 165 Å². The number of carbonyl (C=O) groups is 1. The first-order valence-corrected chi connectivity index (χ1v) is 9.27. The van der Waals surface area contributed by atoms with Crippen molar-refractivity contribution in [2.75, 3.05) is 12.4 Å². The van der Waals surface area contributed by atoms with Crippen LogP contribution in [0.25, 0.3) is 0 Å². The Hall–Kier alpha value is -3.34.